The van der Waals surface area contributed by atoms with Crippen molar-refractivity contribution in [1.29, 1.82) is 0 Å². The lowest BCUT2D eigenvalue weighted by atomic mass is 9.86. The second kappa shape index (κ2) is 11.4. The van der Waals surface area contributed by atoms with Crippen LogP contribution < -0.4 is 21.3 Å². The number of aromatic nitrogens is 2. The van der Waals surface area contributed by atoms with Gasteiger partial charge in [-0.1, -0.05) is 60.7 Å². The molecule has 0 radical (unpaired) electrons. The van der Waals surface area contributed by atoms with Crippen molar-refractivity contribution in [2.24, 2.45) is 0 Å². The largest absolute Gasteiger partial charge is 0.354 e. The van der Waals surface area contributed by atoms with Crippen LogP contribution in [0, 0.1) is 0 Å². The highest BCUT2D eigenvalue weighted by Gasteiger charge is 2.41. The predicted molar refractivity (Wildman–Crippen MR) is 146 cm³/mol. The van der Waals surface area contributed by atoms with E-state index in [1.165, 1.54) is 6.20 Å². The molecule has 1 fully saturated rings. The molecule has 0 saturated carbocycles. The van der Waals surface area contributed by atoms with Crippen LogP contribution in [0.15, 0.2) is 72.9 Å². The van der Waals surface area contributed by atoms with E-state index in [-0.39, 0.29) is 37.2 Å². The summed E-state index contributed by atoms with van der Waals surface area (Å²) in [7, 11) is 0. The van der Waals surface area contributed by atoms with Gasteiger partial charge in [-0.05, 0) is 48.3 Å². The summed E-state index contributed by atoms with van der Waals surface area (Å²) in [6.45, 7) is 1.75. The molecular weight excluding hydrogens is 480 g/mol. The van der Waals surface area contributed by atoms with Crippen molar-refractivity contribution in [2.75, 3.05) is 26.2 Å². The SMILES string of the molecule is O=C(Cc1cccc2ccccc12)NCCNC(=O)C1(NC(=O)c2cnnc3ccccc23)CCNCC1. The van der Waals surface area contributed by atoms with E-state index in [1.807, 2.05) is 60.7 Å². The van der Waals surface area contributed by atoms with Gasteiger partial charge in [-0.3, -0.25) is 14.4 Å². The summed E-state index contributed by atoms with van der Waals surface area (Å²) in [5.41, 5.74) is 0.893. The number of benzene rings is 3. The first-order valence-corrected chi connectivity index (χ1v) is 12.8. The Morgan fingerprint density at radius 2 is 1.55 bits per heavy atom. The van der Waals surface area contributed by atoms with Crippen LogP contribution in [0.25, 0.3) is 21.7 Å². The average molecular weight is 511 g/mol. The first-order chi connectivity index (χ1) is 18.6. The third kappa shape index (κ3) is 5.47. The molecule has 1 saturated heterocycles. The molecule has 0 aliphatic carbocycles. The van der Waals surface area contributed by atoms with Gasteiger partial charge in [-0.25, -0.2) is 0 Å². The van der Waals surface area contributed by atoms with Crippen molar-refractivity contribution >= 4 is 39.4 Å². The Morgan fingerprint density at radius 3 is 2.39 bits per heavy atom. The van der Waals surface area contributed by atoms with Gasteiger partial charge in [0.05, 0.1) is 23.7 Å². The molecule has 0 unspecified atom stereocenters. The van der Waals surface area contributed by atoms with Crippen LogP contribution in [0.3, 0.4) is 0 Å². The quantitative estimate of drug-likeness (QED) is 0.269. The van der Waals surface area contributed by atoms with Crippen LogP contribution in [0.1, 0.15) is 28.8 Å². The topological polar surface area (TPSA) is 125 Å². The molecular formula is C29H30N6O3. The normalized spacial score (nSPS) is 14.6. The molecule has 38 heavy (non-hydrogen) atoms. The highest BCUT2D eigenvalue weighted by atomic mass is 16.2. The Kier molecular flexibility index (Phi) is 7.55. The number of fused-ring (bicyclic) bond motifs is 2. The Morgan fingerprint density at radius 1 is 0.842 bits per heavy atom. The van der Waals surface area contributed by atoms with E-state index < -0.39 is 5.54 Å². The minimum Gasteiger partial charge on any atom is -0.354 e. The smallest absolute Gasteiger partial charge is 0.254 e. The Bertz CT molecular complexity index is 1470. The average Bonchev–Trinajstić information content (AvgIpc) is 2.95. The standard InChI is InChI=1S/C29H30N6O3/c36-26(18-21-8-5-7-20-6-1-2-9-22(20)21)31-16-17-32-28(38)29(12-14-30-15-13-29)34-27(37)24-19-33-35-25-11-4-3-10-23(24)25/h1-11,19,30H,12-18H2,(H,31,36)(H,32,38)(H,34,37). The van der Waals surface area contributed by atoms with Gasteiger partial charge < -0.3 is 21.3 Å². The van der Waals surface area contributed by atoms with Gasteiger partial charge in [0.15, 0.2) is 0 Å². The molecule has 1 aliphatic rings. The summed E-state index contributed by atoms with van der Waals surface area (Å²) in [4.78, 5) is 39.2. The lowest BCUT2D eigenvalue weighted by Gasteiger charge is -2.37. The van der Waals surface area contributed by atoms with Crippen LogP contribution in [0.5, 0.6) is 0 Å². The summed E-state index contributed by atoms with van der Waals surface area (Å²) in [5, 5.41) is 22.9. The molecule has 3 aromatic carbocycles. The molecule has 9 nitrogen and oxygen atoms in total. The Hall–Kier alpha value is -4.37. The van der Waals surface area contributed by atoms with Crippen LogP contribution in [-0.2, 0) is 16.0 Å². The van der Waals surface area contributed by atoms with E-state index in [2.05, 4.69) is 31.5 Å². The van der Waals surface area contributed by atoms with E-state index in [1.54, 1.807) is 6.07 Å². The fraction of sp³-hybridized carbons (Fsp3) is 0.276. The van der Waals surface area contributed by atoms with Gasteiger partial charge in [-0.2, -0.15) is 10.2 Å². The molecule has 3 amide bonds. The number of amides is 3. The van der Waals surface area contributed by atoms with Crippen molar-refractivity contribution in [3.05, 3.63) is 84.1 Å². The molecule has 5 rings (SSSR count). The maximum atomic E-state index is 13.3. The molecule has 9 heteroatoms. The highest BCUT2D eigenvalue weighted by Crippen LogP contribution is 2.22. The zero-order chi connectivity index (χ0) is 26.4. The predicted octanol–water partition coefficient (Wildman–Crippen LogP) is 2.11. The lowest BCUT2D eigenvalue weighted by molar-refractivity contribution is -0.128. The highest BCUT2D eigenvalue weighted by molar-refractivity contribution is 6.07. The summed E-state index contributed by atoms with van der Waals surface area (Å²) in [6.07, 6.45) is 2.59. The van der Waals surface area contributed by atoms with Crippen molar-refractivity contribution in [3.63, 3.8) is 0 Å². The molecule has 194 valence electrons. The molecule has 4 N–H and O–H groups in total. The van der Waals surface area contributed by atoms with Crippen LogP contribution in [-0.4, -0.2) is 59.6 Å². The number of hydrogen-bond acceptors (Lipinski definition) is 6. The first kappa shape index (κ1) is 25.3. The molecule has 1 aliphatic heterocycles. The number of rotatable bonds is 8. The summed E-state index contributed by atoms with van der Waals surface area (Å²) in [5.74, 6) is -0.740. The van der Waals surface area contributed by atoms with E-state index in [0.29, 0.717) is 42.4 Å². The zero-order valence-electron chi connectivity index (χ0n) is 21.0. The van der Waals surface area contributed by atoms with Gasteiger partial charge in [0.25, 0.3) is 5.91 Å². The lowest BCUT2D eigenvalue weighted by Crippen LogP contribution is -2.63. The van der Waals surface area contributed by atoms with E-state index >= 15 is 0 Å². The fourth-order valence-electron chi connectivity index (χ4n) is 4.96. The van der Waals surface area contributed by atoms with Crippen molar-refractivity contribution in [3.8, 4) is 0 Å². The minimum atomic E-state index is -1.06. The minimum absolute atomic E-state index is 0.113. The monoisotopic (exact) mass is 510 g/mol. The summed E-state index contributed by atoms with van der Waals surface area (Å²) < 4.78 is 0. The number of hydrogen-bond donors (Lipinski definition) is 4. The second-order valence-corrected chi connectivity index (χ2v) is 9.48. The van der Waals surface area contributed by atoms with E-state index in [9.17, 15) is 14.4 Å². The maximum absolute atomic E-state index is 13.3. The molecule has 1 aromatic heterocycles. The van der Waals surface area contributed by atoms with Gasteiger partial charge in [0.2, 0.25) is 11.8 Å². The fourth-order valence-corrected chi connectivity index (χ4v) is 4.96. The summed E-state index contributed by atoms with van der Waals surface area (Å²) in [6, 6.07) is 21.2. The number of carbonyl (C=O) groups is 3. The summed E-state index contributed by atoms with van der Waals surface area (Å²) >= 11 is 0. The van der Waals surface area contributed by atoms with Crippen LogP contribution in [0.2, 0.25) is 0 Å². The van der Waals surface area contributed by atoms with Gasteiger partial charge in [0.1, 0.15) is 5.54 Å². The van der Waals surface area contributed by atoms with Crippen LogP contribution in [0.4, 0.5) is 0 Å². The molecule has 0 bridgehead atoms. The molecule has 4 aromatic rings. The van der Waals surface area contributed by atoms with Crippen LogP contribution >= 0.6 is 0 Å². The van der Waals surface area contributed by atoms with Crippen molar-refractivity contribution < 1.29 is 14.4 Å². The second-order valence-electron chi connectivity index (χ2n) is 9.48. The third-order valence-electron chi connectivity index (χ3n) is 7.00. The number of carbonyl (C=O) groups excluding carboxylic acids is 3. The third-order valence-corrected chi connectivity index (χ3v) is 7.00. The van der Waals surface area contributed by atoms with E-state index in [0.717, 1.165) is 16.3 Å². The number of nitrogens with one attached hydrogen (secondary N) is 4. The maximum Gasteiger partial charge on any atom is 0.254 e. The Labute approximate surface area is 220 Å². The number of nitrogens with zero attached hydrogens (tertiary/aromatic N) is 2. The molecule has 0 atom stereocenters. The van der Waals surface area contributed by atoms with E-state index in [4.69, 9.17) is 0 Å². The number of piperidine rings is 1. The van der Waals surface area contributed by atoms with Crippen molar-refractivity contribution in [2.45, 2.75) is 24.8 Å². The zero-order valence-corrected chi connectivity index (χ0v) is 21.0. The van der Waals surface area contributed by atoms with Gasteiger partial charge in [-0.15, -0.1) is 0 Å². The van der Waals surface area contributed by atoms with Gasteiger partial charge >= 0.3 is 0 Å². The Balaban J connectivity index is 1.19. The molecule has 0 spiro atoms. The van der Waals surface area contributed by atoms with Crippen molar-refractivity contribution in [1.82, 2.24) is 31.5 Å². The molecule has 2 heterocycles. The first-order valence-electron chi connectivity index (χ1n) is 12.8. The van der Waals surface area contributed by atoms with Gasteiger partial charge in [0, 0.05) is 18.5 Å².